The van der Waals surface area contributed by atoms with E-state index < -0.39 is 0 Å². The summed E-state index contributed by atoms with van der Waals surface area (Å²) in [5.74, 6) is 1.57. The smallest absolute Gasteiger partial charge is 0.119 e. The van der Waals surface area contributed by atoms with Crippen LogP contribution in [-0.2, 0) is 0 Å². The van der Waals surface area contributed by atoms with Crippen molar-refractivity contribution < 1.29 is 4.74 Å². The molecule has 4 heteroatoms. The molecule has 3 rings (SSSR count). The highest BCUT2D eigenvalue weighted by Gasteiger charge is 2.17. The molecule has 4 nitrogen and oxygen atoms in total. The van der Waals surface area contributed by atoms with E-state index in [1.54, 1.807) is 0 Å². The van der Waals surface area contributed by atoms with Crippen LogP contribution in [0.15, 0.2) is 48.5 Å². The SMILES string of the molecule is CCC(CCCN1CCN(CCCCOc2ccccc2)CC1)c1ccc(C#N)c(C)c1. The first-order valence-electron chi connectivity index (χ1n) is 12.3. The highest BCUT2D eigenvalue weighted by Crippen LogP contribution is 2.26. The molecule has 2 aromatic rings. The molecule has 1 atom stereocenters. The molecule has 1 aliphatic rings. The summed E-state index contributed by atoms with van der Waals surface area (Å²) in [6.07, 6.45) is 5.95. The van der Waals surface area contributed by atoms with E-state index in [0.717, 1.165) is 36.3 Å². The Bertz CT molecular complexity index is 838. The van der Waals surface area contributed by atoms with Crippen molar-refractivity contribution in [3.63, 3.8) is 0 Å². The summed E-state index contributed by atoms with van der Waals surface area (Å²) in [5.41, 5.74) is 3.29. The Labute approximate surface area is 194 Å². The van der Waals surface area contributed by atoms with E-state index in [2.05, 4.69) is 34.9 Å². The third-order valence-electron chi connectivity index (χ3n) is 6.71. The zero-order valence-electron chi connectivity index (χ0n) is 19.9. The number of rotatable bonds is 12. The van der Waals surface area contributed by atoms with Crippen LogP contribution in [0.3, 0.4) is 0 Å². The Hall–Kier alpha value is -2.35. The summed E-state index contributed by atoms with van der Waals surface area (Å²) in [4.78, 5) is 5.24. The van der Waals surface area contributed by atoms with Crippen LogP contribution in [0.25, 0.3) is 0 Å². The van der Waals surface area contributed by atoms with Gasteiger partial charge in [-0.15, -0.1) is 0 Å². The Kier molecular flexibility index (Phi) is 10.1. The Morgan fingerprint density at radius 3 is 2.25 bits per heavy atom. The minimum atomic E-state index is 0.598. The van der Waals surface area contributed by atoms with Gasteiger partial charge in [-0.25, -0.2) is 0 Å². The number of piperazine rings is 1. The fraction of sp³-hybridized carbons (Fsp3) is 0.536. The largest absolute Gasteiger partial charge is 0.494 e. The lowest BCUT2D eigenvalue weighted by molar-refractivity contribution is 0.127. The van der Waals surface area contributed by atoms with Crippen molar-refractivity contribution in [1.29, 1.82) is 5.26 Å². The molecule has 0 N–H and O–H groups in total. The minimum Gasteiger partial charge on any atom is -0.494 e. The van der Waals surface area contributed by atoms with Crippen molar-refractivity contribution in [3.05, 3.63) is 65.2 Å². The summed E-state index contributed by atoms with van der Waals surface area (Å²) in [6.45, 7) is 12.3. The third-order valence-corrected chi connectivity index (χ3v) is 6.71. The molecule has 0 saturated carbocycles. The van der Waals surface area contributed by atoms with Gasteiger partial charge in [-0.3, -0.25) is 0 Å². The van der Waals surface area contributed by atoms with E-state index in [1.807, 2.05) is 43.3 Å². The predicted octanol–water partition coefficient (Wildman–Crippen LogP) is 5.62. The lowest BCUT2D eigenvalue weighted by atomic mass is 9.90. The van der Waals surface area contributed by atoms with Gasteiger partial charge in [0.1, 0.15) is 5.75 Å². The standard InChI is InChI=1S/C28H39N3O/c1-3-25(26-13-14-27(23-29)24(2)22-26)10-9-16-31-19-17-30(18-20-31)15-7-8-21-32-28-11-5-4-6-12-28/h4-6,11-14,22,25H,3,7-10,15-21H2,1-2H3. The topological polar surface area (TPSA) is 39.5 Å². The molecule has 0 bridgehead atoms. The Balaban J connectivity index is 1.28. The van der Waals surface area contributed by atoms with E-state index in [0.29, 0.717) is 5.92 Å². The molecular weight excluding hydrogens is 394 g/mol. The highest BCUT2D eigenvalue weighted by atomic mass is 16.5. The number of nitrogens with zero attached hydrogens (tertiary/aromatic N) is 3. The first kappa shape index (κ1) is 24.3. The van der Waals surface area contributed by atoms with E-state index in [1.165, 1.54) is 64.1 Å². The van der Waals surface area contributed by atoms with Crippen molar-refractivity contribution in [2.45, 2.75) is 51.9 Å². The van der Waals surface area contributed by atoms with Crippen molar-refractivity contribution in [3.8, 4) is 11.8 Å². The zero-order chi connectivity index (χ0) is 22.6. The van der Waals surface area contributed by atoms with Gasteiger partial charge in [0.2, 0.25) is 0 Å². The van der Waals surface area contributed by atoms with Crippen LogP contribution in [0.4, 0.5) is 0 Å². The molecule has 172 valence electrons. The minimum absolute atomic E-state index is 0.598. The number of nitriles is 1. The number of unbranched alkanes of at least 4 members (excludes halogenated alkanes) is 1. The van der Waals surface area contributed by atoms with Crippen molar-refractivity contribution in [2.24, 2.45) is 0 Å². The van der Waals surface area contributed by atoms with Gasteiger partial charge in [0.25, 0.3) is 0 Å². The molecule has 1 unspecified atom stereocenters. The normalized spacial score (nSPS) is 15.9. The number of hydrogen-bond donors (Lipinski definition) is 0. The van der Waals surface area contributed by atoms with Crippen LogP contribution in [0.2, 0.25) is 0 Å². The monoisotopic (exact) mass is 433 g/mol. The van der Waals surface area contributed by atoms with Crippen LogP contribution >= 0.6 is 0 Å². The highest BCUT2D eigenvalue weighted by molar-refractivity contribution is 5.40. The molecule has 0 aliphatic carbocycles. The van der Waals surface area contributed by atoms with Gasteiger partial charge in [-0.05, 0) is 87.4 Å². The van der Waals surface area contributed by atoms with Crippen LogP contribution < -0.4 is 4.74 Å². The first-order chi connectivity index (χ1) is 15.7. The summed E-state index contributed by atoms with van der Waals surface area (Å²) in [5, 5.41) is 9.16. The van der Waals surface area contributed by atoms with Gasteiger partial charge in [-0.2, -0.15) is 5.26 Å². The first-order valence-corrected chi connectivity index (χ1v) is 12.3. The van der Waals surface area contributed by atoms with E-state index >= 15 is 0 Å². The number of benzene rings is 2. The zero-order valence-corrected chi connectivity index (χ0v) is 19.9. The van der Waals surface area contributed by atoms with Crippen molar-refractivity contribution >= 4 is 0 Å². The molecule has 1 heterocycles. The predicted molar refractivity (Wildman–Crippen MR) is 132 cm³/mol. The van der Waals surface area contributed by atoms with Crippen LogP contribution in [0.5, 0.6) is 5.75 Å². The molecule has 1 fully saturated rings. The average Bonchev–Trinajstić information content (AvgIpc) is 2.83. The van der Waals surface area contributed by atoms with E-state index in [9.17, 15) is 0 Å². The molecule has 0 spiro atoms. The second-order valence-electron chi connectivity index (χ2n) is 8.99. The van der Waals surface area contributed by atoms with Gasteiger partial charge in [0, 0.05) is 26.2 Å². The van der Waals surface area contributed by atoms with Crippen molar-refractivity contribution in [2.75, 3.05) is 45.9 Å². The maximum absolute atomic E-state index is 9.16. The molecule has 1 saturated heterocycles. The summed E-state index contributed by atoms with van der Waals surface area (Å²) < 4.78 is 5.79. The number of hydrogen-bond acceptors (Lipinski definition) is 4. The molecule has 0 amide bonds. The number of ether oxygens (including phenoxy) is 1. The lowest BCUT2D eigenvalue weighted by Crippen LogP contribution is -2.46. The lowest BCUT2D eigenvalue weighted by Gasteiger charge is -2.35. The Morgan fingerprint density at radius 1 is 0.938 bits per heavy atom. The van der Waals surface area contributed by atoms with Gasteiger partial charge >= 0.3 is 0 Å². The molecule has 32 heavy (non-hydrogen) atoms. The number of para-hydroxylation sites is 1. The van der Waals surface area contributed by atoms with Gasteiger partial charge in [0.05, 0.1) is 18.2 Å². The molecular formula is C28H39N3O. The second-order valence-corrected chi connectivity index (χ2v) is 8.99. The Morgan fingerprint density at radius 2 is 1.62 bits per heavy atom. The van der Waals surface area contributed by atoms with E-state index in [4.69, 9.17) is 10.00 Å². The van der Waals surface area contributed by atoms with Crippen LogP contribution in [-0.4, -0.2) is 55.7 Å². The maximum Gasteiger partial charge on any atom is 0.119 e. The van der Waals surface area contributed by atoms with Gasteiger partial charge < -0.3 is 14.5 Å². The second kappa shape index (κ2) is 13.3. The fourth-order valence-corrected chi connectivity index (χ4v) is 4.61. The molecule has 0 aromatic heterocycles. The van der Waals surface area contributed by atoms with Crippen LogP contribution in [0.1, 0.15) is 61.6 Å². The van der Waals surface area contributed by atoms with Gasteiger partial charge in [-0.1, -0.05) is 37.3 Å². The maximum atomic E-state index is 9.16. The molecule has 0 radical (unpaired) electrons. The fourth-order valence-electron chi connectivity index (χ4n) is 4.61. The van der Waals surface area contributed by atoms with Gasteiger partial charge in [0.15, 0.2) is 0 Å². The summed E-state index contributed by atoms with van der Waals surface area (Å²) in [7, 11) is 0. The van der Waals surface area contributed by atoms with Crippen molar-refractivity contribution in [1.82, 2.24) is 9.80 Å². The van der Waals surface area contributed by atoms with Crippen LogP contribution in [0, 0.1) is 18.3 Å². The molecule has 2 aromatic carbocycles. The molecule has 1 aliphatic heterocycles. The quantitative estimate of drug-likeness (QED) is 0.408. The third kappa shape index (κ3) is 7.65. The van der Waals surface area contributed by atoms with E-state index in [-0.39, 0.29) is 0 Å². The number of aryl methyl sites for hydroxylation is 1. The average molecular weight is 434 g/mol. The summed E-state index contributed by atoms with van der Waals surface area (Å²) in [6, 6.07) is 18.7. The summed E-state index contributed by atoms with van der Waals surface area (Å²) >= 11 is 0.